The molecule has 0 spiro atoms. The largest absolute Gasteiger partial charge is 0.432 e. The van der Waals surface area contributed by atoms with E-state index in [0.29, 0.717) is 25.1 Å². The van der Waals surface area contributed by atoms with Crippen LogP contribution >= 0.6 is 0 Å². The predicted molar refractivity (Wildman–Crippen MR) is 82.0 cm³/mol. The van der Waals surface area contributed by atoms with Crippen LogP contribution in [0.2, 0.25) is 0 Å². The van der Waals surface area contributed by atoms with E-state index < -0.39 is 0 Å². The zero-order chi connectivity index (χ0) is 15.2. The van der Waals surface area contributed by atoms with Crippen LogP contribution in [0.15, 0.2) is 10.7 Å². The van der Waals surface area contributed by atoms with E-state index in [1.807, 2.05) is 0 Å². The van der Waals surface area contributed by atoms with Crippen LogP contribution in [0.4, 0.5) is 6.01 Å². The summed E-state index contributed by atoms with van der Waals surface area (Å²) >= 11 is 0. The summed E-state index contributed by atoms with van der Waals surface area (Å²) in [7, 11) is 1.71. The Bertz CT molecular complexity index is 383. The van der Waals surface area contributed by atoms with Crippen molar-refractivity contribution in [3.63, 3.8) is 0 Å². The molecule has 0 fully saturated rings. The molecule has 0 unspecified atom stereocenters. The molecule has 0 aliphatic carbocycles. The molecule has 0 radical (unpaired) electrons. The molecule has 0 aromatic carbocycles. The lowest BCUT2D eigenvalue weighted by atomic mass is 10.1. The van der Waals surface area contributed by atoms with E-state index in [2.05, 4.69) is 49.8 Å². The first kappa shape index (κ1) is 17.0. The number of nitrogens with zero attached hydrogens (tertiary/aromatic N) is 2. The third-order valence-electron chi connectivity index (χ3n) is 2.76. The van der Waals surface area contributed by atoms with Crippen LogP contribution in [0.3, 0.4) is 0 Å². The minimum Gasteiger partial charge on any atom is -0.432 e. The Morgan fingerprint density at radius 2 is 2.10 bits per heavy atom. The third kappa shape index (κ3) is 6.39. The second-order valence-corrected chi connectivity index (χ2v) is 6.56. The molecule has 1 rings (SSSR count). The van der Waals surface area contributed by atoms with Gasteiger partial charge in [-0.3, -0.25) is 0 Å². The van der Waals surface area contributed by atoms with Crippen LogP contribution in [0, 0.1) is 5.92 Å². The van der Waals surface area contributed by atoms with E-state index >= 15 is 0 Å². The van der Waals surface area contributed by atoms with Crippen LogP contribution in [-0.2, 0) is 11.3 Å². The maximum atomic E-state index is 5.61. The molecule has 1 aromatic heterocycles. The fourth-order valence-corrected chi connectivity index (χ4v) is 1.79. The van der Waals surface area contributed by atoms with Gasteiger partial charge in [-0.2, -0.15) is 4.98 Å². The lowest BCUT2D eigenvalue weighted by Crippen LogP contribution is -2.35. The second-order valence-electron chi connectivity index (χ2n) is 6.56. The van der Waals surface area contributed by atoms with E-state index in [1.54, 1.807) is 13.4 Å². The summed E-state index contributed by atoms with van der Waals surface area (Å²) in [4.78, 5) is 6.69. The Morgan fingerprint density at radius 1 is 1.40 bits per heavy atom. The average molecular weight is 283 g/mol. The van der Waals surface area contributed by atoms with Gasteiger partial charge in [0, 0.05) is 32.3 Å². The topological polar surface area (TPSA) is 50.5 Å². The molecule has 0 aliphatic rings. The van der Waals surface area contributed by atoms with E-state index in [0.717, 1.165) is 18.8 Å². The van der Waals surface area contributed by atoms with Gasteiger partial charge in [0.2, 0.25) is 0 Å². The van der Waals surface area contributed by atoms with Crippen LogP contribution in [0.5, 0.6) is 0 Å². The molecule has 20 heavy (non-hydrogen) atoms. The van der Waals surface area contributed by atoms with Gasteiger partial charge in [-0.05, 0) is 26.7 Å². The number of rotatable bonds is 8. The van der Waals surface area contributed by atoms with Gasteiger partial charge in [0.15, 0.2) is 0 Å². The van der Waals surface area contributed by atoms with Gasteiger partial charge in [-0.15, -0.1) is 0 Å². The quantitative estimate of drug-likeness (QED) is 0.795. The Balaban J connectivity index is 2.64. The molecule has 1 heterocycles. The van der Waals surface area contributed by atoms with E-state index in [-0.39, 0.29) is 5.54 Å². The zero-order valence-electron chi connectivity index (χ0n) is 13.7. The van der Waals surface area contributed by atoms with Crippen LogP contribution in [0.25, 0.3) is 0 Å². The van der Waals surface area contributed by atoms with Gasteiger partial charge in [0.1, 0.15) is 6.26 Å². The number of anilines is 1. The highest BCUT2D eigenvalue weighted by molar-refractivity contribution is 5.27. The minimum absolute atomic E-state index is 0.0762. The Kier molecular flexibility index (Phi) is 6.49. The number of methoxy groups -OCH3 is 1. The molecule has 0 amide bonds. The van der Waals surface area contributed by atoms with Gasteiger partial charge in [0.25, 0.3) is 6.01 Å². The lowest BCUT2D eigenvalue weighted by molar-refractivity contribution is 0.203. The highest BCUT2D eigenvalue weighted by atomic mass is 16.5. The summed E-state index contributed by atoms with van der Waals surface area (Å²) < 4.78 is 10.8. The summed E-state index contributed by atoms with van der Waals surface area (Å²) in [5.74, 6) is 0.551. The smallest absolute Gasteiger partial charge is 0.297 e. The van der Waals surface area contributed by atoms with Crippen molar-refractivity contribution in [1.29, 1.82) is 0 Å². The normalized spacial score (nSPS) is 12.2. The predicted octanol–water partition coefficient (Wildman–Crippen LogP) is 2.67. The highest BCUT2D eigenvalue weighted by Gasteiger charge is 2.15. The van der Waals surface area contributed by atoms with E-state index in [1.165, 1.54) is 0 Å². The molecular weight excluding hydrogens is 254 g/mol. The van der Waals surface area contributed by atoms with Gasteiger partial charge in [-0.25, -0.2) is 0 Å². The molecule has 0 bridgehead atoms. The van der Waals surface area contributed by atoms with Crippen molar-refractivity contribution in [2.75, 3.05) is 31.7 Å². The van der Waals surface area contributed by atoms with Crippen molar-refractivity contribution >= 4 is 6.01 Å². The first-order valence-corrected chi connectivity index (χ1v) is 7.25. The standard InChI is InChI=1S/C15H29N3O2/c1-12(2)10-18(7-8-19-6)14-17-13(11-20-14)9-16-15(3,4)5/h11-12,16H,7-10H2,1-6H3. The van der Waals surface area contributed by atoms with Crippen molar-refractivity contribution in [2.24, 2.45) is 5.92 Å². The van der Waals surface area contributed by atoms with Crippen molar-refractivity contribution in [2.45, 2.75) is 46.7 Å². The molecule has 5 nitrogen and oxygen atoms in total. The van der Waals surface area contributed by atoms with Gasteiger partial charge >= 0.3 is 0 Å². The third-order valence-corrected chi connectivity index (χ3v) is 2.76. The second kappa shape index (κ2) is 7.64. The SMILES string of the molecule is COCCN(CC(C)C)c1nc(CNC(C)(C)C)co1. The fraction of sp³-hybridized carbons (Fsp3) is 0.800. The average Bonchev–Trinajstić information content (AvgIpc) is 2.79. The van der Waals surface area contributed by atoms with E-state index in [4.69, 9.17) is 9.15 Å². The summed E-state index contributed by atoms with van der Waals surface area (Å²) in [5.41, 5.74) is 1.01. The zero-order valence-corrected chi connectivity index (χ0v) is 13.7. The summed E-state index contributed by atoms with van der Waals surface area (Å²) in [5, 5.41) is 3.41. The molecule has 0 saturated heterocycles. The van der Waals surface area contributed by atoms with Crippen LogP contribution in [0.1, 0.15) is 40.3 Å². The molecule has 1 N–H and O–H groups in total. The molecular formula is C15H29N3O2. The highest BCUT2D eigenvalue weighted by Crippen LogP contribution is 2.15. The van der Waals surface area contributed by atoms with Crippen molar-refractivity contribution in [3.05, 3.63) is 12.0 Å². The Morgan fingerprint density at radius 3 is 2.65 bits per heavy atom. The minimum atomic E-state index is 0.0762. The van der Waals surface area contributed by atoms with Crippen molar-refractivity contribution in [3.8, 4) is 0 Å². The Labute approximate surface area is 122 Å². The molecule has 0 saturated carbocycles. The summed E-state index contributed by atoms with van der Waals surface area (Å²) in [6, 6.07) is 0.682. The number of hydrogen-bond acceptors (Lipinski definition) is 5. The molecule has 0 atom stereocenters. The number of hydrogen-bond donors (Lipinski definition) is 1. The molecule has 5 heteroatoms. The number of nitrogens with one attached hydrogen (secondary N) is 1. The van der Waals surface area contributed by atoms with Crippen LogP contribution in [-0.4, -0.2) is 37.3 Å². The van der Waals surface area contributed by atoms with Crippen LogP contribution < -0.4 is 10.2 Å². The molecule has 0 aliphatic heterocycles. The number of oxazole rings is 1. The number of aromatic nitrogens is 1. The van der Waals surface area contributed by atoms with Gasteiger partial charge in [-0.1, -0.05) is 13.8 Å². The van der Waals surface area contributed by atoms with Crippen molar-refractivity contribution < 1.29 is 9.15 Å². The Hall–Kier alpha value is -1.07. The van der Waals surface area contributed by atoms with Crippen molar-refractivity contribution in [1.82, 2.24) is 10.3 Å². The first-order valence-electron chi connectivity index (χ1n) is 7.25. The summed E-state index contributed by atoms with van der Waals surface area (Å²) in [6.45, 7) is 13.9. The monoisotopic (exact) mass is 283 g/mol. The maximum Gasteiger partial charge on any atom is 0.297 e. The fourth-order valence-electron chi connectivity index (χ4n) is 1.79. The van der Waals surface area contributed by atoms with Gasteiger partial charge in [0.05, 0.1) is 12.3 Å². The van der Waals surface area contributed by atoms with Gasteiger partial charge < -0.3 is 19.4 Å². The number of ether oxygens (including phenoxy) is 1. The summed E-state index contributed by atoms with van der Waals surface area (Å²) in [6.07, 6.45) is 1.73. The first-order chi connectivity index (χ1) is 9.31. The lowest BCUT2D eigenvalue weighted by Gasteiger charge is -2.22. The molecule has 1 aromatic rings. The molecule has 116 valence electrons. The van der Waals surface area contributed by atoms with E-state index in [9.17, 15) is 0 Å². The maximum absolute atomic E-state index is 5.61.